The molecule has 2 aromatic rings. The van der Waals surface area contributed by atoms with Gasteiger partial charge in [0.2, 0.25) is 0 Å². The number of non-ortho nitro benzene ring substituents is 2. The Bertz CT molecular complexity index is 1240. The average molecular weight is 476 g/mol. The van der Waals surface area contributed by atoms with Gasteiger partial charge in [0.05, 0.1) is 21.0 Å². The van der Waals surface area contributed by atoms with Crippen LogP contribution in [0.3, 0.4) is 0 Å². The van der Waals surface area contributed by atoms with Crippen LogP contribution < -0.4 is 0 Å². The molecule has 0 bridgehead atoms. The van der Waals surface area contributed by atoms with Gasteiger partial charge in [0, 0.05) is 24.3 Å². The van der Waals surface area contributed by atoms with Crippen LogP contribution in [-0.4, -0.2) is 47.7 Å². The number of carbonyl (C=O) groups is 2. The van der Waals surface area contributed by atoms with E-state index in [4.69, 9.17) is 0 Å². The standard InChI is InChI=1S/C14H8N2O13S2/c17-13(9-3-1-7(15(19)20)5-11(9)30(23,24)25)29-14(18)10-4-2-8(16(21)22)6-12(10)31(26,27)28/h1-6H,(H,23,24,25)(H,26,27,28). The highest BCUT2D eigenvalue weighted by molar-refractivity contribution is 7.86. The van der Waals surface area contributed by atoms with Crippen LogP contribution in [0.25, 0.3) is 0 Å². The molecule has 0 unspecified atom stereocenters. The predicted octanol–water partition coefficient (Wildman–Crippen LogP) is 0.994. The predicted molar refractivity (Wildman–Crippen MR) is 95.6 cm³/mol. The van der Waals surface area contributed by atoms with E-state index in [0.29, 0.717) is 36.4 Å². The summed E-state index contributed by atoms with van der Waals surface area (Å²) >= 11 is 0. The van der Waals surface area contributed by atoms with Gasteiger partial charge in [-0.1, -0.05) is 0 Å². The van der Waals surface area contributed by atoms with Gasteiger partial charge in [0.1, 0.15) is 9.79 Å². The molecule has 0 aromatic heterocycles. The second-order valence-corrected chi connectivity index (χ2v) is 8.28. The van der Waals surface area contributed by atoms with Gasteiger partial charge >= 0.3 is 11.9 Å². The van der Waals surface area contributed by atoms with E-state index in [0.717, 1.165) is 0 Å². The molecule has 2 aromatic carbocycles. The monoisotopic (exact) mass is 476 g/mol. The second-order valence-electron chi connectivity index (χ2n) is 5.50. The molecule has 2 rings (SSSR count). The van der Waals surface area contributed by atoms with E-state index >= 15 is 0 Å². The largest absolute Gasteiger partial charge is 0.386 e. The molecule has 0 amide bonds. The van der Waals surface area contributed by atoms with Gasteiger partial charge in [0.15, 0.2) is 0 Å². The number of hydrogen-bond acceptors (Lipinski definition) is 11. The molecule has 164 valence electrons. The number of esters is 2. The fourth-order valence-corrected chi connectivity index (χ4v) is 3.61. The molecular weight excluding hydrogens is 468 g/mol. The highest BCUT2D eigenvalue weighted by atomic mass is 32.2. The Morgan fingerprint density at radius 1 is 0.742 bits per heavy atom. The molecule has 2 N–H and O–H groups in total. The van der Waals surface area contributed by atoms with Crippen molar-refractivity contribution < 1.29 is 50.1 Å². The fraction of sp³-hybridized carbons (Fsp3) is 0. The summed E-state index contributed by atoms with van der Waals surface area (Å²) in [6, 6.07) is 3.04. The molecule has 0 saturated carbocycles. The zero-order valence-electron chi connectivity index (χ0n) is 14.6. The van der Waals surface area contributed by atoms with E-state index < -0.39 is 74.3 Å². The van der Waals surface area contributed by atoms with Crippen molar-refractivity contribution in [2.45, 2.75) is 9.79 Å². The highest BCUT2D eigenvalue weighted by Gasteiger charge is 2.30. The normalized spacial score (nSPS) is 11.5. The number of carbonyl (C=O) groups excluding carboxylic acids is 2. The second kappa shape index (κ2) is 8.14. The Kier molecular flexibility index (Phi) is 6.17. The number of benzene rings is 2. The van der Waals surface area contributed by atoms with Crippen LogP contribution in [0, 0.1) is 20.2 Å². The van der Waals surface area contributed by atoms with Crippen molar-refractivity contribution in [3.8, 4) is 0 Å². The Labute approximate surface area is 171 Å². The number of nitrogens with zero attached hydrogens (tertiary/aromatic N) is 2. The van der Waals surface area contributed by atoms with Crippen molar-refractivity contribution in [3.63, 3.8) is 0 Å². The van der Waals surface area contributed by atoms with Crippen LogP contribution in [0.5, 0.6) is 0 Å². The maximum Gasteiger partial charge on any atom is 0.347 e. The van der Waals surface area contributed by atoms with Crippen molar-refractivity contribution >= 4 is 43.5 Å². The van der Waals surface area contributed by atoms with Crippen LogP contribution in [0.4, 0.5) is 11.4 Å². The first-order chi connectivity index (χ1) is 14.1. The van der Waals surface area contributed by atoms with Gasteiger partial charge in [-0.25, -0.2) is 9.59 Å². The summed E-state index contributed by atoms with van der Waals surface area (Å²) in [6.45, 7) is 0. The number of ether oxygens (including phenoxy) is 1. The third-order valence-corrected chi connectivity index (χ3v) is 5.32. The molecule has 17 heteroatoms. The number of rotatable bonds is 6. The average Bonchev–Trinajstić information content (AvgIpc) is 2.65. The first-order valence-corrected chi connectivity index (χ1v) is 10.3. The molecule has 0 aliphatic carbocycles. The van der Waals surface area contributed by atoms with E-state index in [1.165, 1.54) is 0 Å². The van der Waals surface area contributed by atoms with Crippen molar-refractivity contribution in [2.24, 2.45) is 0 Å². The van der Waals surface area contributed by atoms with E-state index in [-0.39, 0.29) is 0 Å². The van der Waals surface area contributed by atoms with Gasteiger partial charge in [-0.3, -0.25) is 29.3 Å². The summed E-state index contributed by atoms with van der Waals surface area (Å²) in [5.74, 6) is -3.54. The van der Waals surface area contributed by atoms with Crippen LogP contribution in [-0.2, 0) is 25.0 Å². The minimum Gasteiger partial charge on any atom is -0.386 e. The molecule has 15 nitrogen and oxygen atoms in total. The lowest BCUT2D eigenvalue weighted by molar-refractivity contribution is -0.385. The van der Waals surface area contributed by atoms with Gasteiger partial charge in [-0.2, -0.15) is 16.8 Å². The van der Waals surface area contributed by atoms with Crippen molar-refractivity contribution in [2.75, 3.05) is 0 Å². The third-order valence-electron chi connectivity index (χ3n) is 3.53. The molecule has 0 aliphatic heterocycles. The summed E-state index contributed by atoms with van der Waals surface area (Å²) in [4.78, 5) is 41.3. The molecular formula is C14H8N2O13S2. The Morgan fingerprint density at radius 3 is 1.32 bits per heavy atom. The first-order valence-electron chi connectivity index (χ1n) is 7.41. The van der Waals surface area contributed by atoms with Crippen LogP contribution in [0.1, 0.15) is 20.7 Å². The molecule has 31 heavy (non-hydrogen) atoms. The summed E-state index contributed by atoms with van der Waals surface area (Å²) in [5.41, 5.74) is -3.70. The minimum atomic E-state index is -5.21. The maximum absolute atomic E-state index is 12.2. The molecule has 0 radical (unpaired) electrons. The number of hydrogen-bond donors (Lipinski definition) is 2. The summed E-state index contributed by atoms with van der Waals surface area (Å²) in [6.07, 6.45) is 0. The Hall–Kier alpha value is -3.80. The molecule has 0 saturated heterocycles. The van der Waals surface area contributed by atoms with Crippen LogP contribution >= 0.6 is 0 Å². The molecule has 0 heterocycles. The van der Waals surface area contributed by atoms with E-state index in [2.05, 4.69) is 4.74 Å². The molecule has 0 fully saturated rings. The quantitative estimate of drug-likeness (QED) is 0.194. The van der Waals surface area contributed by atoms with Gasteiger partial charge in [-0.05, 0) is 12.1 Å². The summed E-state index contributed by atoms with van der Waals surface area (Å²) < 4.78 is 68.5. The lowest BCUT2D eigenvalue weighted by Gasteiger charge is -2.09. The van der Waals surface area contributed by atoms with Gasteiger partial charge in [-0.15, -0.1) is 0 Å². The van der Waals surface area contributed by atoms with Crippen LogP contribution in [0.2, 0.25) is 0 Å². The van der Waals surface area contributed by atoms with Gasteiger partial charge in [0.25, 0.3) is 31.6 Å². The van der Waals surface area contributed by atoms with Crippen LogP contribution in [0.15, 0.2) is 46.2 Å². The van der Waals surface area contributed by atoms with E-state index in [9.17, 15) is 55.8 Å². The smallest absolute Gasteiger partial charge is 0.347 e. The first kappa shape index (κ1) is 23.5. The zero-order chi connectivity index (χ0) is 23.7. The van der Waals surface area contributed by atoms with Crippen molar-refractivity contribution in [1.29, 1.82) is 0 Å². The number of nitro benzene ring substituents is 2. The maximum atomic E-state index is 12.2. The molecule has 0 aliphatic rings. The topological polar surface area (TPSA) is 238 Å². The SMILES string of the molecule is O=C(OC(=O)c1ccc([N+](=O)[O-])cc1S(=O)(=O)O)c1ccc([N+](=O)[O-])cc1S(=O)(=O)O. The third kappa shape index (κ3) is 5.22. The van der Waals surface area contributed by atoms with Crippen molar-refractivity contribution in [3.05, 3.63) is 67.8 Å². The van der Waals surface area contributed by atoms with Gasteiger partial charge < -0.3 is 4.74 Å². The lowest BCUT2D eigenvalue weighted by atomic mass is 10.2. The Morgan fingerprint density at radius 2 is 1.06 bits per heavy atom. The lowest BCUT2D eigenvalue weighted by Crippen LogP contribution is -2.18. The highest BCUT2D eigenvalue weighted by Crippen LogP contribution is 2.26. The Balaban J connectivity index is 2.52. The minimum absolute atomic E-state index is 0.311. The fourth-order valence-electron chi connectivity index (χ4n) is 2.21. The number of nitro groups is 2. The summed E-state index contributed by atoms with van der Waals surface area (Å²) in [5, 5.41) is 21.5. The zero-order valence-corrected chi connectivity index (χ0v) is 16.2. The van der Waals surface area contributed by atoms with E-state index in [1.807, 2.05) is 0 Å². The van der Waals surface area contributed by atoms with E-state index in [1.54, 1.807) is 0 Å². The summed E-state index contributed by atoms with van der Waals surface area (Å²) in [7, 11) is -10.4. The molecule has 0 atom stereocenters. The van der Waals surface area contributed by atoms with Crippen molar-refractivity contribution in [1.82, 2.24) is 0 Å². The molecule has 0 spiro atoms.